The Morgan fingerprint density at radius 3 is 2.25 bits per heavy atom. The van der Waals surface area contributed by atoms with Crippen molar-refractivity contribution >= 4 is 17.7 Å². The molecule has 0 radical (unpaired) electrons. The minimum atomic E-state index is -0.846. The molecule has 0 aliphatic rings. The summed E-state index contributed by atoms with van der Waals surface area (Å²) in [5, 5.41) is 12.4. The quantitative estimate of drug-likeness (QED) is 0.606. The Kier molecular flexibility index (Phi) is 5.65. The molecule has 0 bridgehead atoms. The van der Waals surface area contributed by atoms with Crippen molar-refractivity contribution in [2.75, 3.05) is 12.3 Å². The molecule has 2 aromatic rings. The maximum absolute atomic E-state index is 11.3. The Labute approximate surface area is 123 Å². The van der Waals surface area contributed by atoms with Gasteiger partial charge in [-0.05, 0) is 17.7 Å². The van der Waals surface area contributed by atoms with Crippen LogP contribution in [0.5, 0.6) is 0 Å². The van der Waals surface area contributed by atoms with Crippen LogP contribution in [0.2, 0.25) is 0 Å². The van der Waals surface area contributed by atoms with E-state index in [2.05, 4.69) is 17.4 Å². The van der Waals surface area contributed by atoms with Crippen LogP contribution in [0.4, 0.5) is 0 Å². The second kappa shape index (κ2) is 7.72. The second-order valence-electron chi connectivity index (χ2n) is 4.30. The van der Waals surface area contributed by atoms with Crippen molar-refractivity contribution in [2.45, 2.75) is 10.9 Å². The number of nitrogens with one attached hydrogen (secondary N) is 1. The second-order valence-corrected chi connectivity index (χ2v) is 5.47. The molecule has 3 nitrogen and oxygen atoms in total. The zero-order valence-corrected chi connectivity index (χ0v) is 11.8. The van der Waals surface area contributed by atoms with Crippen LogP contribution >= 0.6 is 11.8 Å². The summed E-state index contributed by atoms with van der Waals surface area (Å²) in [6, 6.07) is 18.7. The molecule has 0 heterocycles. The zero-order chi connectivity index (χ0) is 14.2. The third-order valence-corrected chi connectivity index (χ3v) is 3.86. The molecule has 104 valence electrons. The normalized spacial score (nSPS) is 12.0. The van der Waals surface area contributed by atoms with Gasteiger partial charge in [0.1, 0.15) is 6.04 Å². The molecule has 0 aliphatic carbocycles. The van der Waals surface area contributed by atoms with Crippen molar-refractivity contribution < 1.29 is 9.90 Å². The van der Waals surface area contributed by atoms with Gasteiger partial charge in [0.05, 0.1) is 0 Å². The predicted octanol–water partition coefficient (Wildman–Crippen LogP) is 3.19. The van der Waals surface area contributed by atoms with E-state index in [1.54, 1.807) is 11.8 Å². The molecule has 1 atom stereocenters. The van der Waals surface area contributed by atoms with Gasteiger partial charge in [0.15, 0.2) is 0 Å². The first-order chi connectivity index (χ1) is 9.77. The topological polar surface area (TPSA) is 49.3 Å². The minimum absolute atomic E-state index is 0.644. The maximum atomic E-state index is 11.3. The first kappa shape index (κ1) is 14.6. The molecule has 0 saturated carbocycles. The lowest BCUT2D eigenvalue weighted by Crippen LogP contribution is -2.30. The molecule has 2 aromatic carbocycles. The summed E-state index contributed by atoms with van der Waals surface area (Å²) in [5.41, 5.74) is 0.782. The summed E-state index contributed by atoms with van der Waals surface area (Å²) >= 11 is 1.71. The van der Waals surface area contributed by atoms with Gasteiger partial charge in [0.2, 0.25) is 0 Å². The number of hydrogen-bond donors (Lipinski definition) is 2. The van der Waals surface area contributed by atoms with E-state index < -0.39 is 12.0 Å². The summed E-state index contributed by atoms with van der Waals surface area (Å²) in [6.07, 6.45) is 0. The molecular weight excluding hydrogens is 270 g/mol. The van der Waals surface area contributed by atoms with Crippen molar-refractivity contribution in [1.82, 2.24) is 5.32 Å². The van der Waals surface area contributed by atoms with Crippen LogP contribution in [-0.2, 0) is 4.79 Å². The molecule has 0 aromatic heterocycles. The lowest BCUT2D eigenvalue weighted by atomic mass is 10.1. The molecule has 0 amide bonds. The highest BCUT2D eigenvalue weighted by molar-refractivity contribution is 7.99. The summed E-state index contributed by atoms with van der Waals surface area (Å²) in [7, 11) is 0. The van der Waals surface area contributed by atoms with Crippen LogP contribution < -0.4 is 5.32 Å². The molecule has 4 heteroatoms. The van der Waals surface area contributed by atoms with Crippen molar-refractivity contribution in [2.24, 2.45) is 0 Å². The van der Waals surface area contributed by atoms with Crippen molar-refractivity contribution in [3.8, 4) is 0 Å². The Bertz CT molecular complexity index is 531. The molecular formula is C16H17NO2S. The SMILES string of the molecule is O=C(O)C(NCCSc1ccccc1)c1ccccc1. The Morgan fingerprint density at radius 2 is 1.65 bits per heavy atom. The third-order valence-electron chi connectivity index (χ3n) is 2.84. The van der Waals surface area contributed by atoms with Gasteiger partial charge in [-0.25, -0.2) is 0 Å². The van der Waals surface area contributed by atoms with Crippen LogP contribution in [-0.4, -0.2) is 23.4 Å². The fourth-order valence-corrected chi connectivity index (χ4v) is 2.69. The van der Waals surface area contributed by atoms with Gasteiger partial charge in [-0.1, -0.05) is 48.5 Å². The van der Waals surface area contributed by atoms with E-state index in [0.29, 0.717) is 6.54 Å². The lowest BCUT2D eigenvalue weighted by molar-refractivity contribution is -0.139. The van der Waals surface area contributed by atoms with Crippen LogP contribution in [0.1, 0.15) is 11.6 Å². The number of thioether (sulfide) groups is 1. The standard InChI is InChI=1S/C16H17NO2S/c18-16(19)15(13-7-3-1-4-8-13)17-11-12-20-14-9-5-2-6-10-14/h1-10,15,17H,11-12H2,(H,18,19). The molecule has 0 spiro atoms. The summed E-state index contributed by atoms with van der Waals surface area (Å²) in [6.45, 7) is 0.644. The van der Waals surface area contributed by atoms with Gasteiger partial charge in [-0.15, -0.1) is 11.8 Å². The van der Waals surface area contributed by atoms with Gasteiger partial charge in [0.25, 0.3) is 0 Å². The highest BCUT2D eigenvalue weighted by atomic mass is 32.2. The van der Waals surface area contributed by atoms with Crippen LogP contribution in [0, 0.1) is 0 Å². The molecule has 0 saturated heterocycles. The van der Waals surface area contributed by atoms with E-state index in [1.165, 1.54) is 4.90 Å². The van der Waals surface area contributed by atoms with E-state index in [4.69, 9.17) is 0 Å². The van der Waals surface area contributed by atoms with Gasteiger partial charge in [-0.3, -0.25) is 10.1 Å². The number of benzene rings is 2. The number of rotatable bonds is 7. The Morgan fingerprint density at radius 1 is 1.05 bits per heavy atom. The van der Waals surface area contributed by atoms with Crippen molar-refractivity contribution in [3.63, 3.8) is 0 Å². The highest BCUT2D eigenvalue weighted by Gasteiger charge is 2.18. The fraction of sp³-hybridized carbons (Fsp3) is 0.188. The Balaban J connectivity index is 1.83. The van der Waals surface area contributed by atoms with Crippen molar-refractivity contribution in [1.29, 1.82) is 0 Å². The van der Waals surface area contributed by atoms with E-state index in [9.17, 15) is 9.90 Å². The smallest absolute Gasteiger partial charge is 0.325 e. The summed E-state index contributed by atoms with van der Waals surface area (Å²) < 4.78 is 0. The van der Waals surface area contributed by atoms with Gasteiger partial charge in [-0.2, -0.15) is 0 Å². The molecule has 1 unspecified atom stereocenters. The first-order valence-electron chi connectivity index (χ1n) is 6.46. The largest absolute Gasteiger partial charge is 0.480 e. The Hall–Kier alpha value is -1.78. The number of hydrogen-bond acceptors (Lipinski definition) is 3. The maximum Gasteiger partial charge on any atom is 0.325 e. The summed E-state index contributed by atoms with van der Waals surface area (Å²) in [5.74, 6) is -0.0124. The van der Waals surface area contributed by atoms with Gasteiger partial charge in [0, 0.05) is 17.2 Å². The average molecular weight is 287 g/mol. The van der Waals surface area contributed by atoms with E-state index in [1.807, 2.05) is 48.5 Å². The molecule has 20 heavy (non-hydrogen) atoms. The molecule has 2 N–H and O–H groups in total. The minimum Gasteiger partial charge on any atom is -0.480 e. The zero-order valence-electron chi connectivity index (χ0n) is 11.0. The molecule has 2 rings (SSSR count). The predicted molar refractivity (Wildman–Crippen MR) is 82.0 cm³/mol. The van der Waals surface area contributed by atoms with Crippen LogP contribution in [0.3, 0.4) is 0 Å². The number of carboxylic acids is 1. The summed E-state index contributed by atoms with van der Waals surface area (Å²) in [4.78, 5) is 12.5. The number of carboxylic acid groups (broad SMARTS) is 1. The highest BCUT2D eigenvalue weighted by Crippen LogP contribution is 2.17. The van der Waals surface area contributed by atoms with Gasteiger partial charge < -0.3 is 5.11 Å². The van der Waals surface area contributed by atoms with E-state index in [-0.39, 0.29) is 0 Å². The van der Waals surface area contributed by atoms with Crippen molar-refractivity contribution in [3.05, 3.63) is 66.2 Å². The van der Waals surface area contributed by atoms with Crippen LogP contribution in [0.25, 0.3) is 0 Å². The fourth-order valence-electron chi connectivity index (χ4n) is 1.88. The third kappa shape index (κ3) is 4.40. The van der Waals surface area contributed by atoms with Gasteiger partial charge >= 0.3 is 5.97 Å². The van der Waals surface area contributed by atoms with Crippen LogP contribution in [0.15, 0.2) is 65.6 Å². The lowest BCUT2D eigenvalue weighted by Gasteiger charge is -2.14. The average Bonchev–Trinajstić information content (AvgIpc) is 2.49. The van der Waals surface area contributed by atoms with E-state index in [0.717, 1.165) is 11.3 Å². The monoisotopic (exact) mass is 287 g/mol. The van der Waals surface area contributed by atoms with E-state index >= 15 is 0 Å². The molecule has 0 fully saturated rings. The first-order valence-corrected chi connectivity index (χ1v) is 7.45. The number of carbonyl (C=O) groups is 1. The molecule has 0 aliphatic heterocycles. The number of aliphatic carboxylic acids is 1.